The molecule has 1 aromatic carbocycles. The van der Waals surface area contributed by atoms with Gasteiger partial charge in [-0.05, 0) is 12.1 Å². The second-order valence-corrected chi connectivity index (χ2v) is 4.69. The molecule has 0 heterocycles. The average Bonchev–Trinajstić information content (AvgIpc) is 2.26. The van der Waals surface area contributed by atoms with Gasteiger partial charge in [-0.3, -0.25) is 0 Å². The lowest BCUT2D eigenvalue weighted by Crippen LogP contribution is -2.23. The molecular weight excluding hydrogens is 226 g/mol. The number of hydrogen-bond acceptors (Lipinski definition) is 3. The molecule has 0 aliphatic carbocycles. The van der Waals surface area contributed by atoms with Crippen molar-refractivity contribution in [1.29, 1.82) is 0 Å². The zero-order chi connectivity index (χ0) is 12.0. The van der Waals surface area contributed by atoms with Gasteiger partial charge in [0.15, 0.2) is 0 Å². The third kappa shape index (κ3) is 3.07. The van der Waals surface area contributed by atoms with Gasteiger partial charge in [-0.25, -0.2) is 13.1 Å². The van der Waals surface area contributed by atoms with Crippen LogP contribution in [0.25, 0.3) is 0 Å². The molecule has 0 radical (unpaired) electrons. The molecule has 2 N–H and O–H groups in total. The molecule has 0 saturated carbocycles. The number of sulfonamides is 1. The van der Waals surface area contributed by atoms with E-state index in [1.807, 2.05) is 0 Å². The quantitative estimate of drug-likeness (QED) is 0.747. The topological polar surface area (TPSA) is 66.4 Å². The van der Waals surface area contributed by atoms with Gasteiger partial charge in [-0.2, -0.15) is 0 Å². The summed E-state index contributed by atoms with van der Waals surface area (Å²) in [7, 11) is -3.51. The maximum atomic E-state index is 11.8. The van der Waals surface area contributed by atoms with Crippen LogP contribution in [0.3, 0.4) is 0 Å². The van der Waals surface area contributed by atoms with E-state index in [4.69, 9.17) is 5.11 Å². The van der Waals surface area contributed by atoms with E-state index in [9.17, 15) is 8.42 Å². The molecule has 0 fully saturated rings. The van der Waals surface area contributed by atoms with Crippen LogP contribution in [0.2, 0.25) is 0 Å². The number of hydrogen-bond donors (Lipinski definition) is 2. The molecule has 0 amide bonds. The second kappa shape index (κ2) is 5.66. The largest absolute Gasteiger partial charge is 0.384 e. The Labute approximate surface area is 95.4 Å². The Morgan fingerprint density at radius 3 is 2.69 bits per heavy atom. The Morgan fingerprint density at radius 2 is 2.06 bits per heavy atom. The molecule has 0 aromatic heterocycles. The summed E-state index contributed by atoms with van der Waals surface area (Å²) in [5.41, 5.74) is 0.387. The van der Waals surface area contributed by atoms with Crippen LogP contribution in [0.5, 0.6) is 0 Å². The van der Waals surface area contributed by atoms with Crippen molar-refractivity contribution in [2.75, 3.05) is 13.2 Å². The van der Waals surface area contributed by atoms with Crippen molar-refractivity contribution in [3.8, 4) is 11.8 Å². The fourth-order valence-electron chi connectivity index (χ4n) is 1.21. The predicted octanol–water partition coefficient (Wildman–Crippen LogP) is 0.329. The van der Waals surface area contributed by atoms with Crippen molar-refractivity contribution < 1.29 is 13.5 Å². The Balaban J connectivity index is 3.23. The van der Waals surface area contributed by atoms with Gasteiger partial charge in [0.25, 0.3) is 0 Å². The smallest absolute Gasteiger partial charge is 0.241 e. The zero-order valence-electron chi connectivity index (χ0n) is 8.90. The highest BCUT2D eigenvalue weighted by Crippen LogP contribution is 2.13. The monoisotopic (exact) mass is 239 g/mol. The molecule has 86 valence electrons. The van der Waals surface area contributed by atoms with Gasteiger partial charge >= 0.3 is 0 Å². The van der Waals surface area contributed by atoms with Gasteiger partial charge in [0.1, 0.15) is 6.61 Å². The lowest BCUT2D eigenvalue weighted by atomic mass is 10.2. The zero-order valence-corrected chi connectivity index (χ0v) is 9.71. The van der Waals surface area contributed by atoms with Crippen LogP contribution >= 0.6 is 0 Å². The fourth-order valence-corrected chi connectivity index (χ4v) is 2.41. The van der Waals surface area contributed by atoms with Crippen molar-refractivity contribution in [2.45, 2.75) is 11.8 Å². The second-order valence-electron chi connectivity index (χ2n) is 2.96. The highest BCUT2D eigenvalue weighted by atomic mass is 32.2. The third-order valence-corrected chi connectivity index (χ3v) is 3.42. The Bertz CT molecular complexity index is 512. The van der Waals surface area contributed by atoms with E-state index < -0.39 is 10.0 Å². The summed E-state index contributed by atoms with van der Waals surface area (Å²) in [5.74, 6) is 5.04. The van der Waals surface area contributed by atoms with Crippen LogP contribution in [0, 0.1) is 11.8 Å². The highest BCUT2D eigenvalue weighted by molar-refractivity contribution is 7.89. The number of nitrogens with one attached hydrogen (secondary N) is 1. The average molecular weight is 239 g/mol. The molecule has 0 atom stereocenters. The van der Waals surface area contributed by atoms with Crippen molar-refractivity contribution >= 4 is 10.0 Å². The van der Waals surface area contributed by atoms with Gasteiger partial charge in [-0.15, -0.1) is 0 Å². The number of aliphatic hydroxyl groups excluding tert-OH is 1. The number of benzene rings is 1. The fraction of sp³-hybridized carbons (Fsp3) is 0.273. The minimum Gasteiger partial charge on any atom is -0.384 e. The van der Waals surface area contributed by atoms with Crippen LogP contribution in [0.1, 0.15) is 12.5 Å². The van der Waals surface area contributed by atoms with Crippen molar-refractivity contribution in [3.63, 3.8) is 0 Å². The first-order chi connectivity index (χ1) is 7.61. The van der Waals surface area contributed by atoms with E-state index in [2.05, 4.69) is 16.6 Å². The van der Waals surface area contributed by atoms with E-state index in [0.717, 1.165) is 0 Å². The van der Waals surface area contributed by atoms with E-state index in [-0.39, 0.29) is 11.5 Å². The molecule has 0 unspecified atom stereocenters. The molecule has 4 nitrogen and oxygen atoms in total. The molecular formula is C11H13NO3S. The van der Waals surface area contributed by atoms with Gasteiger partial charge in [0.2, 0.25) is 10.0 Å². The van der Waals surface area contributed by atoms with Crippen molar-refractivity contribution in [1.82, 2.24) is 4.72 Å². The normalized spacial score (nSPS) is 10.6. The summed E-state index contributed by atoms with van der Waals surface area (Å²) < 4.78 is 25.9. The minimum absolute atomic E-state index is 0.137. The van der Waals surface area contributed by atoms with E-state index in [0.29, 0.717) is 12.1 Å². The van der Waals surface area contributed by atoms with Gasteiger partial charge in [0.05, 0.1) is 4.90 Å². The summed E-state index contributed by atoms with van der Waals surface area (Å²) in [6, 6.07) is 6.42. The Morgan fingerprint density at radius 1 is 1.38 bits per heavy atom. The standard InChI is InChI=1S/C11H13NO3S/c1-2-12-16(14,15)11-8-4-3-6-10(11)7-5-9-13/h3-4,6,8,12-13H,2,9H2,1H3. The van der Waals surface area contributed by atoms with E-state index >= 15 is 0 Å². The molecule has 0 spiro atoms. The predicted molar refractivity (Wildman–Crippen MR) is 61.3 cm³/mol. The van der Waals surface area contributed by atoms with E-state index in [1.165, 1.54) is 6.07 Å². The minimum atomic E-state index is -3.51. The number of rotatable bonds is 3. The molecule has 0 aliphatic rings. The SMILES string of the molecule is CCNS(=O)(=O)c1ccccc1C#CCO. The first-order valence-corrected chi connectivity index (χ1v) is 6.28. The summed E-state index contributed by atoms with van der Waals surface area (Å²) in [6.07, 6.45) is 0. The highest BCUT2D eigenvalue weighted by Gasteiger charge is 2.15. The van der Waals surface area contributed by atoms with Crippen molar-refractivity contribution in [2.24, 2.45) is 0 Å². The maximum absolute atomic E-state index is 11.8. The van der Waals surface area contributed by atoms with Crippen LogP contribution in [0.4, 0.5) is 0 Å². The van der Waals surface area contributed by atoms with Crippen LogP contribution < -0.4 is 4.72 Å². The van der Waals surface area contributed by atoms with E-state index in [1.54, 1.807) is 25.1 Å². The van der Waals surface area contributed by atoms with Gasteiger partial charge < -0.3 is 5.11 Å². The molecule has 5 heteroatoms. The first-order valence-electron chi connectivity index (χ1n) is 4.80. The third-order valence-electron chi connectivity index (χ3n) is 1.81. The molecule has 1 aromatic rings. The lowest BCUT2D eigenvalue weighted by molar-refractivity contribution is 0.350. The maximum Gasteiger partial charge on any atom is 0.241 e. The molecule has 1 rings (SSSR count). The first kappa shape index (κ1) is 12.7. The lowest BCUT2D eigenvalue weighted by Gasteiger charge is -2.06. The Hall–Kier alpha value is -1.35. The van der Waals surface area contributed by atoms with Crippen molar-refractivity contribution in [3.05, 3.63) is 29.8 Å². The van der Waals surface area contributed by atoms with Crippen LogP contribution in [0.15, 0.2) is 29.2 Å². The molecule has 0 aliphatic heterocycles. The summed E-state index contributed by atoms with van der Waals surface area (Å²) in [6.45, 7) is 1.74. The molecule has 0 saturated heterocycles. The number of aliphatic hydroxyl groups is 1. The summed E-state index contributed by atoms with van der Waals surface area (Å²) >= 11 is 0. The van der Waals surface area contributed by atoms with Crippen LogP contribution in [-0.2, 0) is 10.0 Å². The van der Waals surface area contributed by atoms with Gasteiger partial charge in [0, 0.05) is 12.1 Å². The molecule has 16 heavy (non-hydrogen) atoms. The summed E-state index contributed by atoms with van der Waals surface area (Å²) in [5, 5.41) is 8.59. The Kier molecular flexibility index (Phi) is 4.50. The summed E-state index contributed by atoms with van der Waals surface area (Å²) in [4.78, 5) is 0.137. The van der Waals surface area contributed by atoms with Crippen LogP contribution in [-0.4, -0.2) is 26.7 Å². The molecule has 0 bridgehead atoms. The van der Waals surface area contributed by atoms with Gasteiger partial charge in [-0.1, -0.05) is 30.9 Å².